The van der Waals surface area contributed by atoms with E-state index in [0.717, 1.165) is 5.13 Å². The van der Waals surface area contributed by atoms with Crippen LogP contribution in [0.15, 0.2) is 54.2 Å². The van der Waals surface area contributed by atoms with Gasteiger partial charge >= 0.3 is 0 Å². The third-order valence-corrected chi connectivity index (χ3v) is 3.76. The molecule has 0 saturated heterocycles. The number of amides is 1. The number of carbonyl (C=O) groups is 1. The van der Waals surface area contributed by atoms with E-state index in [2.05, 4.69) is 10.3 Å². The number of carbonyl (C=O) groups excluding carboxylic acids is 1. The molecule has 0 aliphatic heterocycles. The van der Waals surface area contributed by atoms with Crippen LogP contribution in [0.4, 0.5) is 5.69 Å². The molecule has 1 amide bonds. The van der Waals surface area contributed by atoms with Gasteiger partial charge in [-0.05, 0) is 36.4 Å². The molecule has 0 aliphatic carbocycles. The van der Waals surface area contributed by atoms with Crippen molar-refractivity contribution in [2.45, 2.75) is 0 Å². The summed E-state index contributed by atoms with van der Waals surface area (Å²) in [6.07, 6.45) is 3.78. The van der Waals surface area contributed by atoms with Gasteiger partial charge < -0.3 is 9.88 Å². The molecule has 0 atom stereocenters. The van der Waals surface area contributed by atoms with Crippen LogP contribution in [0.2, 0.25) is 5.02 Å². The van der Waals surface area contributed by atoms with E-state index in [1.54, 1.807) is 29.6 Å². The normalized spacial score (nSPS) is 10.4. The number of thiazole rings is 1. The van der Waals surface area contributed by atoms with Crippen molar-refractivity contribution in [2.24, 2.45) is 0 Å². The van der Waals surface area contributed by atoms with Crippen molar-refractivity contribution in [3.8, 4) is 5.13 Å². The number of nitrogens with zero attached hydrogens (tertiary/aromatic N) is 2. The fourth-order valence-electron chi connectivity index (χ4n) is 1.68. The molecule has 100 valence electrons. The molecule has 3 rings (SSSR count). The zero-order chi connectivity index (χ0) is 13.9. The van der Waals surface area contributed by atoms with Gasteiger partial charge in [0.05, 0.1) is 0 Å². The van der Waals surface area contributed by atoms with Gasteiger partial charge in [-0.2, -0.15) is 0 Å². The van der Waals surface area contributed by atoms with Gasteiger partial charge in [-0.3, -0.25) is 4.79 Å². The molecule has 0 fully saturated rings. The summed E-state index contributed by atoms with van der Waals surface area (Å²) >= 11 is 7.22. The van der Waals surface area contributed by atoms with Gasteiger partial charge in [0, 0.05) is 28.5 Å². The topological polar surface area (TPSA) is 46.9 Å². The average Bonchev–Trinajstić information content (AvgIpc) is 3.11. The summed E-state index contributed by atoms with van der Waals surface area (Å²) < 4.78 is 1.86. The Morgan fingerprint density at radius 3 is 2.60 bits per heavy atom. The van der Waals surface area contributed by atoms with E-state index in [1.807, 2.05) is 29.1 Å². The second kappa shape index (κ2) is 5.48. The lowest BCUT2D eigenvalue weighted by atomic mass is 10.3. The third kappa shape index (κ3) is 2.74. The lowest BCUT2D eigenvalue weighted by molar-refractivity contribution is 0.102. The van der Waals surface area contributed by atoms with Crippen molar-refractivity contribution >= 4 is 34.5 Å². The second-order valence-electron chi connectivity index (χ2n) is 4.07. The first-order valence-electron chi connectivity index (χ1n) is 5.88. The predicted octanol–water partition coefficient (Wildman–Crippen LogP) is 3.84. The molecule has 0 bridgehead atoms. The van der Waals surface area contributed by atoms with Gasteiger partial charge in [-0.1, -0.05) is 11.6 Å². The van der Waals surface area contributed by atoms with Crippen molar-refractivity contribution < 1.29 is 4.79 Å². The highest BCUT2D eigenvalue weighted by Gasteiger charge is 2.11. The van der Waals surface area contributed by atoms with Gasteiger partial charge in [-0.15, -0.1) is 11.3 Å². The van der Waals surface area contributed by atoms with Crippen molar-refractivity contribution in [3.05, 3.63) is 64.9 Å². The van der Waals surface area contributed by atoms with Crippen LogP contribution in [0, 0.1) is 0 Å². The maximum Gasteiger partial charge on any atom is 0.275 e. The van der Waals surface area contributed by atoms with Crippen LogP contribution in [0.3, 0.4) is 0 Å². The lowest BCUT2D eigenvalue weighted by Gasteiger charge is -2.02. The van der Waals surface area contributed by atoms with Gasteiger partial charge in [0.2, 0.25) is 0 Å². The molecular formula is C14H10ClN3OS. The molecule has 6 heteroatoms. The van der Waals surface area contributed by atoms with Crippen LogP contribution in [-0.2, 0) is 0 Å². The molecule has 0 aliphatic rings. The molecular weight excluding hydrogens is 294 g/mol. The third-order valence-electron chi connectivity index (χ3n) is 2.65. The van der Waals surface area contributed by atoms with E-state index >= 15 is 0 Å². The Balaban J connectivity index is 1.76. The number of hydrogen-bond donors (Lipinski definition) is 1. The van der Waals surface area contributed by atoms with Crippen LogP contribution in [0.25, 0.3) is 5.13 Å². The average molecular weight is 304 g/mol. The Bertz CT molecular complexity index is 719. The molecule has 3 aromatic rings. The van der Waals surface area contributed by atoms with Gasteiger partial charge in [0.15, 0.2) is 5.13 Å². The molecule has 2 aromatic heterocycles. The van der Waals surface area contributed by atoms with Crippen molar-refractivity contribution in [2.75, 3.05) is 5.32 Å². The first-order chi connectivity index (χ1) is 9.72. The molecule has 20 heavy (non-hydrogen) atoms. The highest BCUT2D eigenvalue weighted by Crippen LogP contribution is 2.17. The van der Waals surface area contributed by atoms with Crippen molar-refractivity contribution in [1.82, 2.24) is 9.55 Å². The van der Waals surface area contributed by atoms with E-state index in [1.165, 1.54) is 11.3 Å². The minimum absolute atomic E-state index is 0.234. The minimum atomic E-state index is -0.234. The summed E-state index contributed by atoms with van der Waals surface area (Å²) in [6, 6.07) is 10.8. The Hall–Kier alpha value is -2.11. The zero-order valence-electron chi connectivity index (χ0n) is 10.3. The molecule has 1 aromatic carbocycles. The highest BCUT2D eigenvalue weighted by atomic mass is 35.5. The number of aromatic nitrogens is 2. The lowest BCUT2D eigenvalue weighted by Crippen LogP contribution is -2.12. The fourth-order valence-corrected chi connectivity index (χ4v) is 2.57. The summed E-state index contributed by atoms with van der Waals surface area (Å²) in [7, 11) is 0. The first kappa shape index (κ1) is 12.9. The van der Waals surface area contributed by atoms with E-state index in [9.17, 15) is 4.79 Å². The smallest absolute Gasteiger partial charge is 0.275 e. The number of hydrogen-bond acceptors (Lipinski definition) is 3. The quantitative estimate of drug-likeness (QED) is 0.799. The Morgan fingerprint density at radius 2 is 1.90 bits per heavy atom. The number of halogens is 1. The maximum atomic E-state index is 12.1. The zero-order valence-corrected chi connectivity index (χ0v) is 11.9. The monoisotopic (exact) mass is 303 g/mol. The van der Waals surface area contributed by atoms with Crippen molar-refractivity contribution in [3.63, 3.8) is 0 Å². The van der Waals surface area contributed by atoms with Gasteiger partial charge in [0.25, 0.3) is 5.91 Å². The Kier molecular flexibility index (Phi) is 3.54. The van der Waals surface area contributed by atoms with Gasteiger partial charge in [0.1, 0.15) is 5.69 Å². The SMILES string of the molecule is O=C(Nc1ccc(Cl)cc1)c1csc(-n2cccc2)n1. The molecule has 0 radical (unpaired) electrons. The summed E-state index contributed by atoms with van der Waals surface area (Å²) in [6.45, 7) is 0. The van der Waals surface area contributed by atoms with Crippen molar-refractivity contribution in [1.29, 1.82) is 0 Å². The maximum absolute atomic E-state index is 12.1. The van der Waals surface area contributed by atoms with Crippen LogP contribution in [0.5, 0.6) is 0 Å². The van der Waals surface area contributed by atoms with Crippen LogP contribution in [-0.4, -0.2) is 15.5 Å². The van der Waals surface area contributed by atoms with E-state index < -0.39 is 0 Å². The molecule has 1 N–H and O–H groups in total. The molecule has 0 unspecified atom stereocenters. The summed E-state index contributed by atoms with van der Waals surface area (Å²) in [5.74, 6) is -0.234. The highest BCUT2D eigenvalue weighted by molar-refractivity contribution is 7.12. The van der Waals surface area contributed by atoms with Crippen LogP contribution >= 0.6 is 22.9 Å². The van der Waals surface area contributed by atoms with Gasteiger partial charge in [-0.25, -0.2) is 4.98 Å². The molecule has 0 saturated carbocycles. The summed E-state index contributed by atoms with van der Waals surface area (Å²) in [5.41, 5.74) is 1.09. The second-order valence-corrected chi connectivity index (χ2v) is 5.34. The molecule has 0 spiro atoms. The Morgan fingerprint density at radius 1 is 1.20 bits per heavy atom. The number of nitrogens with one attached hydrogen (secondary N) is 1. The van der Waals surface area contributed by atoms with Crippen LogP contribution < -0.4 is 5.32 Å². The molecule has 4 nitrogen and oxygen atoms in total. The fraction of sp³-hybridized carbons (Fsp3) is 0. The summed E-state index contributed by atoms with van der Waals surface area (Å²) in [4.78, 5) is 16.4. The summed E-state index contributed by atoms with van der Waals surface area (Å²) in [5, 5.41) is 5.91. The largest absolute Gasteiger partial charge is 0.321 e. The number of benzene rings is 1. The minimum Gasteiger partial charge on any atom is -0.321 e. The first-order valence-corrected chi connectivity index (χ1v) is 7.14. The Labute approximate surface area is 124 Å². The standard InChI is InChI=1S/C14H10ClN3OS/c15-10-3-5-11(6-4-10)16-13(19)12-9-20-14(17-12)18-7-1-2-8-18/h1-9H,(H,16,19). The van der Waals surface area contributed by atoms with E-state index in [-0.39, 0.29) is 5.91 Å². The van der Waals surface area contributed by atoms with E-state index in [4.69, 9.17) is 11.6 Å². The number of anilines is 1. The predicted molar refractivity (Wildman–Crippen MR) is 80.8 cm³/mol. The van der Waals surface area contributed by atoms with E-state index in [0.29, 0.717) is 16.4 Å². The van der Waals surface area contributed by atoms with Crippen LogP contribution in [0.1, 0.15) is 10.5 Å². The molecule has 2 heterocycles. The number of rotatable bonds is 3.